The second-order valence-electron chi connectivity index (χ2n) is 5.74. The number of rotatable bonds is 2. The van der Waals surface area contributed by atoms with Gasteiger partial charge < -0.3 is 0 Å². The first kappa shape index (κ1) is 8.14. The molecule has 0 saturated carbocycles. The van der Waals surface area contributed by atoms with Gasteiger partial charge in [-0.05, 0) is 16.7 Å². The Morgan fingerprint density at radius 1 is 1.14 bits per heavy atom. The van der Waals surface area contributed by atoms with E-state index in [2.05, 4.69) is 0 Å². The number of hydrogen-bond donors (Lipinski definition) is 0. The summed E-state index contributed by atoms with van der Waals surface area (Å²) in [5.74, 6) is -2.04. The van der Waals surface area contributed by atoms with Gasteiger partial charge in [0, 0.05) is 11.7 Å². The fraction of sp³-hybridized carbons (Fsp3) is 1.00. The minimum Gasteiger partial charge on any atom is -0.229 e. The lowest BCUT2D eigenvalue weighted by Gasteiger charge is -2.40. The van der Waals surface area contributed by atoms with Crippen LogP contribution in [0.5, 0.6) is 0 Å². The zero-order valence-electron chi connectivity index (χ0n) is 13.9. The quantitative estimate of drug-likeness (QED) is 0.723. The first-order chi connectivity index (χ1) is 7.46. The van der Waals surface area contributed by atoms with Crippen LogP contribution in [0.1, 0.15) is 47.0 Å². The summed E-state index contributed by atoms with van der Waals surface area (Å²) >= 11 is 0. The molecule has 0 radical (unpaired) electrons. The van der Waals surface area contributed by atoms with Crippen LogP contribution in [0.2, 0.25) is 0 Å². The third-order valence-electron chi connectivity index (χ3n) is 2.15. The van der Waals surface area contributed by atoms with Crippen LogP contribution in [0, 0.1) is 16.7 Å². The molecule has 0 bridgehead atoms. The highest BCUT2D eigenvalue weighted by Crippen LogP contribution is 2.40. The minimum absolute atomic E-state index is 0.649. The van der Waals surface area contributed by atoms with Crippen molar-refractivity contribution >= 4 is 9.84 Å². The highest BCUT2D eigenvalue weighted by Gasteiger charge is 2.36. The number of hydrogen-bond acceptors (Lipinski definition) is 2. The Bertz CT molecular complexity index is 382. The van der Waals surface area contributed by atoms with E-state index < -0.39 is 38.5 Å². The molecule has 0 saturated heterocycles. The minimum atomic E-state index is -4.31. The first-order valence-electron chi connectivity index (χ1n) is 6.68. The molecule has 0 amide bonds. The molecule has 0 aromatic rings. The van der Waals surface area contributed by atoms with Crippen molar-refractivity contribution in [3.8, 4) is 0 Å². The lowest BCUT2D eigenvalue weighted by molar-refractivity contribution is 0.123. The predicted octanol–water partition coefficient (Wildman–Crippen LogP) is 2.74. The monoisotopic (exact) mass is 224 g/mol. The van der Waals surface area contributed by atoms with Crippen LogP contribution in [0.3, 0.4) is 0 Å². The molecule has 0 atom stereocenters. The second-order valence-corrected chi connectivity index (χ2v) is 7.26. The van der Waals surface area contributed by atoms with Crippen molar-refractivity contribution in [2.75, 3.05) is 11.9 Å². The van der Waals surface area contributed by atoms with Crippen LogP contribution in [-0.4, -0.2) is 20.4 Å². The molecule has 3 heteroatoms. The lowest BCUT2D eigenvalue weighted by atomic mass is 9.68. The van der Waals surface area contributed by atoms with E-state index >= 15 is 0 Å². The van der Waals surface area contributed by atoms with E-state index in [0.717, 1.165) is 0 Å². The molecule has 0 aliphatic carbocycles. The Kier molecular flexibility index (Phi) is 2.23. The van der Waals surface area contributed by atoms with Gasteiger partial charge in [-0.15, -0.1) is 0 Å². The van der Waals surface area contributed by atoms with Gasteiger partial charge in [-0.3, -0.25) is 0 Å². The molecule has 2 nitrogen and oxygen atoms in total. The van der Waals surface area contributed by atoms with Crippen molar-refractivity contribution < 1.29 is 13.9 Å². The molecule has 0 N–H and O–H groups in total. The van der Waals surface area contributed by atoms with Crippen LogP contribution >= 0.6 is 0 Å². The van der Waals surface area contributed by atoms with E-state index in [-0.39, 0.29) is 0 Å². The lowest BCUT2D eigenvalue weighted by Crippen LogP contribution is -2.37. The maximum Gasteiger partial charge on any atom is 0.147 e. The second kappa shape index (κ2) is 3.84. The number of sulfone groups is 1. The van der Waals surface area contributed by atoms with E-state index in [1.165, 1.54) is 0 Å². The SMILES string of the molecule is [2H]C(CS(=O)(=O)C([2H])([2H])[2H])(C(C)(C)C)C(C)(C)C. The van der Waals surface area contributed by atoms with Crippen molar-refractivity contribution in [1.82, 2.24) is 0 Å². The third kappa shape index (κ3) is 4.99. The summed E-state index contributed by atoms with van der Waals surface area (Å²) in [5, 5.41) is 0. The summed E-state index contributed by atoms with van der Waals surface area (Å²) in [6, 6.07) is 0. The van der Waals surface area contributed by atoms with Crippen molar-refractivity contribution in [1.29, 1.82) is 0 Å². The normalized spacial score (nSPS) is 20.7. The Morgan fingerprint density at radius 3 is 1.71 bits per heavy atom. The highest BCUT2D eigenvalue weighted by atomic mass is 32.2. The van der Waals surface area contributed by atoms with Crippen molar-refractivity contribution in [2.45, 2.75) is 41.5 Å². The summed E-state index contributed by atoms with van der Waals surface area (Å²) in [4.78, 5) is 0. The Labute approximate surface area is 94.6 Å². The van der Waals surface area contributed by atoms with Gasteiger partial charge in [0.05, 0.1) is 5.75 Å². The van der Waals surface area contributed by atoms with Crippen LogP contribution < -0.4 is 0 Å². The van der Waals surface area contributed by atoms with Crippen molar-refractivity contribution in [2.24, 2.45) is 16.7 Å². The average Bonchev–Trinajstić information content (AvgIpc) is 1.95. The molecule has 14 heavy (non-hydrogen) atoms. The van der Waals surface area contributed by atoms with Gasteiger partial charge in [0.15, 0.2) is 0 Å². The van der Waals surface area contributed by atoms with Crippen LogP contribution in [0.4, 0.5) is 0 Å². The Balaban J connectivity index is 5.74. The van der Waals surface area contributed by atoms with Gasteiger partial charge in [-0.2, -0.15) is 0 Å². The predicted molar refractivity (Wildman–Crippen MR) is 62.1 cm³/mol. The Morgan fingerprint density at radius 2 is 1.50 bits per heavy atom. The van der Waals surface area contributed by atoms with Gasteiger partial charge in [-0.1, -0.05) is 41.5 Å². The van der Waals surface area contributed by atoms with Crippen LogP contribution in [0.15, 0.2) is 0 Å². The van der Waals surface area contributed by atoms with E-state index in [4.69, 9.17) is 5.48 Å². The molecule has 0 aliphatic rings. The largest absolute Gasteiger partial charge is 0.229 e. The van der Waals surface area contributed by atoms with Crippen LogP contribution in [0.25, 0.3) is 0 Å². The molecule has 0 unspecified atom stereocenters. The highest BCUT2D eigenvalue weighted by molar-refractivity contribution is 7.90. The molecule has 0 spiro atoms. The first-order valence-corrected chi connectivity index (χ1v) is 6.33. The van der Waals surface area contributed by atoms with Crippen molar-refractivity contribution in [3.05, 3.63) is 0 Å². The molecule has 0 aliphatic heterocycles. The van der Waals surface area contributed by atoms with Gasteiger partial charge >= 0.3 is 0 Å². The van der Waals surface area contributed by atoms with Gasteiger partial charge in [0.1, 0.15) is 9.84 Å². The van der Waals surface area contributed by atoms with E-state index in [0.29, 0.717) is 0 Å². The molecule has 0 aromatic carbocycles. The molecule has 0 rings (SSSR count). The molecule has 86 valence electrons. The molecule has 0 fully saturated rings. The standard InChI is InChI=1S/C11H24O2S/c1-10(2,3)9(11(4,5)6)8-14(7,12)13/h9H,8H2,1-7H3/i7D3,9D. The van der Waals surface area contributed by atoms with E-state index in [9.17, 15) is 8.42 Å². The maximum absolute atomic E-state index is 11.9. The zero-order chi connectivity index (χ0) is 15.2. The maximum atomic E-state index is 11.9. The van der Waals surface area contributed by atoms with Crippen LogP contribution in [-0.2, 0) is 9.84 Å². The summed E-state index contributed by atoms with van der Waals surface area (Å²) in [6.45, 7) is 10.6. The fourth-order valence-electron chi connectivity index (χ4n) is 1.75. The Hall–Kier alpha value is -0.0500. The summed E-state index contributed by atoms with van der Waals surface area (Å²) < 4.78 is 53.5. The summed E-state index contributed by atoms with van der Waals surface area (Å²) in [7, 11) is -4.31. The van der Waals surface area contributed by atoms with Gasteiger partial charge in [0.2, 0.25) is 0 Å². The van der Waals surface area contributed by atoms with E-state index in [1.807, 2.05) is 0 Å². The third-order valence-corrected chi connectivity index (χ3v) is 2.81. The van der Waals surface area contributed by atoms with Gasteiger partial charge in [-0.25, -0.2) is 8.42 Å². The van der Waals surface area contributed by atoms with Crippen molar-refractivity contribution in [3.63, 3.8) is 0 Å². The molecular formula is C11H24O2S. The zero-order valence-corrected chi connectivity index (χ0v) is 10.7. The topological polar surface area (TPSA) is 34.1 Å². The summed E-state index contributed by atoms with van der Waals surface area (Å²) in [6.07, 6.45) is -3.06. The van der Waals surface area contributed by atoms with E-state index in [1.54, 1.807) is 41.5 Å². The smallest absolute Gasteiger partial charge is 0.147 e. The fourth-order valence-corrected chi connectivity index (χ4v) is 2.99. The molecule has 0 aromatic heterocycles. The summed E-state index contributed by atoms with van der Waals surface area (Å²) in [5.41, 5.74) is -1.30. The molecule has 0 heterocycles. The molecular weight excluding hydrogens is 196 g/mol. The average molecular weight is 224 g/mol. The van der Waals surface area contributed by atoms with Gasteiger partial charge in [0.25, 0.3) is 0 Å².